The molecule has 2 N–H and O–H groups in total. The average Bonchev–Trinajstić information content (AvgIpc) is 2.64. The van der Waals surface area contributed by atoms with Gasteiger partial charge in [0.05, 0.1) is 18.2 Å². The number of hydrogen-bond donors (Lipinski definition) is 2. The van der Waals surface area contributed by atoms with E-state index in [0.29, 0.717) is 23.6 Å². The minimum Gasteiger partial charge on any atom is -0.489 e. The molecular weight excluding hydrogens is 342 g/mol. The van der Waals surface area contributed by atoms with Crippen LogP contribution in [0, 0.1) is 16.7 Å². The van der Waals surface area contributed by atoms with Gasteiger partial charge in [-0.25, -0.2) is 0 Å². The fourth-order valence-electron chi connectivity index (χ4n) is 2.19. The number of nitrogens with zero attached hydrogens (tertiary/aromatic N) is 1. The molecule has 2 aromatic rings. The molecule has 2 amide bonds. The van der Waals surface area contributed by atoms with Crippen molar-refractivity contribution in [3.05, 3.63) is 59.7 Å². The molecule has 0 aliphatic carbocycles. The van der Waals surface area contributed by atoms with E-state index in [1.165, 1.54) is 0 Å². The van der Waals surface area contributed by atoms with Crippen molar-refractivity contribution in [1.29, 1.82) is 5.26 Å². The lowest BCUT2D eigenvalue weighted by Crippen LogP contribution is -2.39. The van der Waals surface area contributed by atoms with Gasteiger partial charge in [0.2, 0.25) is 11.8 Å². The summed E-state index contributed by atoms with van der Waals surface area (Å²) < 4.78 is 5.73. The Labute approximate surface area is 159 Å². The fraction of sp³-hybridized carbons (Fsp3) is 0.286. The van der Waals surface area contributed by atoms with Crippen LogP contribution in [0.2, 0.25) is 0 Å². The molecule has 0 radical (unpaired) electrons. The largest absolute Gasteiger partial charge is 0.489 e. The van der Waals surface area contributed by atoms with Crippen molar-refractivity contribution in [2.75, 3.05) is 11.9 Å². The number of nitriles is 1. The van der Waals surface area contributed by atoms with Crippen molar-refractivity contribution in [2.45, 2.75) is 27.4 Å². The Morgan fingerprint density at radius 2 is 1.85 bits per heavy atom. The lowest BCUT2D eigenvalue weighted by atomic mass is 9.96. The number of rotatable bonds is 6. The van der Waals surface area contributed by atoms with E-state index in [0.717, 1.165) is 5.56 Å². The molecule has 0 saturated heterocycles. The van der Waals surface area contributed by atoms with Crippen LogP contribution in [-0.4, -0.2) is 18.4 Å². The SMILES string of the molecule is CC(C)(C)C(=O)NCC(=O)Nc1cccc(OCc2cccc(C#N)c2)c1. The van der Waals surface area contributed by atoms with Crippen LogP contribution in [0.5, 0.6) is 5.75 Å². The first kappa shape index (κ1) is 20.0. The van der Waals surface area contributed by atoms with Gasteiger partial charge in [0.1, 0.15) is 12.4 Å². The highest BCUT2D eigenvalue weighted by atomic mass is 16.5. The van der Waals surface area contributed by atoms with E-state index in [1.807, 2.05) is 6.07 Å². The molecular formula is C21H23N3O3. The third-order valence-corrected chi connectivity index (χ3v) is 3.67. The summed E-state index contributed by atoms with van der Waals surface area (Å²) >= 11 is 0. The molecule has 140 valence electrons. The van der Waals surface area contributed by atoms with Crippen molar-refractivity contribution < 1.29 is 14.3 Å². The quantitative estimate of drug-likeness (QED) is 0.822. The first-order chi connectivity index (χ1) is 12.8. The van der Waals surface area contributed by atoms with E-state index in [4.69, 9.17) is 10.00 Å². The Hall–Kier alpha value is -3.33. The van der Waals surface area contributed by atoms with Gasteiger partial charge >= 0.3 is 0 Å². The fourth-order valence-corrected chi connectivity index (χ4v) is 2.19. The summed E-state index contributed by atoms with van der Waals surface area (Å²) in [6.45, 7) is 5.57. The zero-order valence-electron chi connectivity index (χ0n) is 15.7. The predicted molar refractivity (Wildman–Crippen MR) is 103 cm³/mol. The maximum atomic E-state index is 12.0. The molecule has 0 fully saturated rings. The molecule has 2 aromatic carbocycles. The summed E-state index contributed by atoms with van der Waals surface area (Å²) in [7, 11) is 0. The molecule has 6 heteroatoms. The molecule has 0 heterocycles. The predicted octanol–water partition coefficient (Wildman–Crippen LogP) is 3.24. The lowest BCUT2D eigenvalue weighted by molar-refractivity contribution is -0.130. The van der Waals surface area contributed by atoms with Crippen LogP contribution in [-0.2, 0) is 16.2 Å². The van der Waals surface area contributed by atoms with Gasteiger partial charge in [-0.2, -0.15) is 5.26 Å². The van der Waals surface area contributed by atoms with Gasteiger partial charge in [0, 0.05) is 17.2 Å². The van der Waals surface area contributed by atoms with Crippen LogP contribution in [0.1, 0.15) is 31.9 Å². The minimum atomic E-state index is -0.545. The van der Waals surface area contributed by atoms with E-state index in [9.17, 15) is 9.59 Å². The second-order valence-electron chi connectivity index (χ2n) is 7.11. The maximum absolute atomic E-state index is 12.0. The molecule has 0 bridgehead atoms. The highest BCUT2D eigenvalue weighted by Crippen LogP contribution is 2.19. The van der Waals surface area contributed by atoms with Crippen LogP contribution in [0.25, 0.3) is 0 Å². The zero-order chi connectivity index (χ0) is 19.9. The standard InChI is InChI=1S/C21H23N3O3/c1-21(2,3)20(26)23-13-19(25)24-17-8-5-9-18(11-17)27-14-16-7-4-6-15(10-16)12-22/h4-11H,13-14H2,1-3H3,(H,23,26)(H,24,25). The Bertz CT molecular complexity index is 863. The van der Waals surface area contributed by atoms with Crippen molar-refractivity contribution in [1.82, 2.24) is 5.32 Å². The number of benzene rings is 2. The Kier molecular flexibility index (Phi) is 6.56. The van der Waals surface area contributed by atoms with Gasteiger partial charge in [-0.15, -0.1) is 0 Å². The monoisotopic (exact) mass is 365 g/mol. The highest BCUT2D eigenvalue weighted by Gasteiger charge is 2.21. The van der Waals surface area contributed by atoms with E-state index in [2.05, 4.69) is 16.7 Å². The maximum Gasteiger partial charge on any atom is 0.243 e. The molecule has 6 nitrogen and oxygen atoms in total. The molecule has 0 unspecified atom stereocenters. The molecule has 0 saturated carbocycles. The number of carbonyl (C=O) groups excluding carboxylic acids is 2. The zero-order valence-corrected chi connectivity index (χ0v) is 15.7. The van der Waals surface area contributed by atoms with Gasteiger partial charge in [0.25, 0.3) is 0 Å². The Morgan fingerprint density at radius 1 is 1.11 bits per heavy atom. The lowest BCUT2D eigenvalue weighted by Gasteiger charge is -2.17. The topological polar surface area (TPSA) is 91.2 Å². The van der Waals surface area contributed by atoms with Crippen LogP contribution < -0.4 is 15.4 Å². The second-order valence-corrected chi connectivity index (χ2v) is 7.11. The summed E-state index contributed by atoms with van der Waals surface area (Å²) in [6.07, 6.45) is 0. The van der Waals surface area contributed by atoms with Crippen LogP contribution >= 0.6 is 0 Å². The third-order valence-electron chi connectivity index (χ3n) is 3.67. The van der Waals surface area contributed by atoms with E-state index < -0.39 is 5.41 Å². The average molecular weight is 365 g/mol. The molecule has 0 spiro atoms. The van der Waals surface area contributed by atoms with Crippen molar-refractivity contribution in [2.24, 2.45) is 5.41 Å². The van der Waals surface area contributed by atoms with Crippen molar-refractivity contribution >= 4 is 17.5 Å². The van der Waals surface area contributed by atoms with E-state index in [1.54, 1.807) is 63.2 Å². The van der Waals surface area contributed by atoms with Gasteiger partial charge in [0.15, 0.2) is 0 Å². The van der Waals surface area contributed by atoms with Gasteiger partial charge in [-0.05, 0) is 29.8 Å². The normalized spacial score (nSPS) is 10.6. The molecule has 0 aliphatic heterocycles. The molecule has 27 heavy (non-hydrogen) atoms. The summed E-state index contributed by atoms with van der Waals surface area (Å²) in [5.41, 5.74) is 1.49. The van der Waals surface area contributed by atoms with Gasteiger partial charge < -0.3 is 15.4 Å². The van der Waals surface area contributed by atoms with E-state index in [-0.39, 0.29) is 18.4 Å². The van der Waals surface area contributed by atoms with Crippen molar-refractivity contribution in [3.63, 3.8) is 0 Å². The number of nitrogens with one attached hydrogen (secondary N) is 2. The van der Waals surface area contributed by atoms with Gasteiger partial charge in [-0.3, -0.25) is 9.59 Å². The summed E-state index contributed by atoms with van der Waals surface area (Å²) in [5.74, 6) is 0.0923. The van der Waals surface area contributed by atoms with Crippen LogP contribution in [0.3, 0.4) is 0 Å². The first-order valence-corrected chi connectivity index (χ1v) is 8.58. The highest BCUT2D eigenvalue weighted by molar-refractivity contribution is 5.95. The van der Waals surface area contributed by atoms with Crippen LogP contribution in [0.4, 0.5) is 5.69 Å². The summed E-state index contributed by atoms with van der Waals surface area (Å²) in [6, 6.07) is 16.3. The molecule has 0 aromatic heterocycles. The minimum absolute atomic E-state index is 0.0951. The number of carbonyl (C=O) groups is 2. The molecule has 0 aliphatic rings. The number of amides is 2. The Balaban J connectivity index is 1.90. The van der Waals surface area contributed by atoms with Crippen LogP contribution in [0.15, 0.2) is 48.5 Å². The third kappa shape index (κ3) is 6.48. The first-order valence-electron chi connectivity index (χ1n) is 8.58. The number of anilines is 1. The Morgan fingerprint density at radius 3 is 2.56 bits per heavy atom. The van der Waals surface area contributed by atoms with Gasteiger partial charge in [-0.1, -0.05) is 39.0 Å². The summed E-state index contributed by atoms with van der Waals surface area (Å²) in [4.78, 5) is 23.8. The smallest absolute Gasteiger partial charge is 0.243 e. The van der Waals surface area contributed by atoms with E-state index >= 15 is 0 Å². The molecule has 2 rings (SSSR count). The number of hydrogen-bond acceptors (Lipinski definition) is 4. The second kappa shape index (κ2) is 8.86. The van der Waals surface area contributed by atoms with Crippen molar-refractivity contribution in [3.8, 4) is 11.8 Å². The summed E-state index contributed by atoms with van der Waals surface area (Å²) in [5, 5.41) is 14.3. The number of ether oxygens (including phenoxy) is 1. The molecule has 0 atom stereocenters.